The first-order valence-corrected chi connectivity index (χ1v) is 7.43. The SMILES string of the molecule is CCO[C@H]1O[C@@H]2COC(c3ccc(O)c(O)c3)O[C@H]2[C@H](O)[C@H]1O. The fourth-order valence-electron chi connectivity index (χ4n) is 2.74. The number of fused-ring (bicyclic) bond motifs is 1. The van der Waals surface area contributed by atoms with Gasteiger partial charge in [0.1, 0.15) is 24.4 Å². The Morgan fingerprint density at radius 3 is 2.61 bits per heavy atom. The van der Waals surface area contributed by atoms with Crippen molar-refractivity contribution in [1.82, 2.24) is 0 Å². The van der Waals surface area contributed by atoms with Gasteiger partial charge in [-0.25, -0.2) is 0 Å². The highest BCUT2D eigenvalue weighted by Gasteiger charge is 2.49. The van der Waals surface area contributed by atoms with Gasteiger partial charge in [0.2, 0.25) is 0 Å². The maximum atomic E-state index is 10.3. The molecule has 2 aliphatic rings. The number of rotatable bonds is 3. The first kappa shape index (κ1) is 16.4. The van der Waals surface area contributed by atoms with E-state index in [-0.39, 0.29) is 18.1 Å². The summed E-state index contributed by atoms with van der Waals surface area (Å²) >= 11 is 0. The Balaban J connectivity index is 1.73. The fourth-order valence-corrected chi connectivity index (χ4v) is 2.74. The van der Waals surface area contributed by atoms with E-state index < -0.39 is 37.0 Å². The number of aliphatic hydroxyl groups is 2. The number of hydrogen-bond donors (Lipinski definition) is 4. The van der Waals surface area contributed by atoms with E-state index in [0.717, 1.165) is 0 Å². The van der Waals surface area contributed by atoms with Gasteiger partial charge in [0, 0.05) is 12.2 Å². The molecule has 1 aromatic carbocycles. The lowest BCUT2D eigenvalue weighted by Crippen LogP contribution is -2.62. The Hall–Kier alpha value is -1.42. The second kappa shape index (κ2) is 6.60. The number of phenolic OH excluding ortho intramolecular Hbond substituents is 2. The van der Waals surface area contributed by atoms with E-state index >= 15 is 0 Å². The monoisotopic (exact) mass is 328 g/mol. The van der Waals surface area contributed by atoms with Gasteiger partial charge in [-0.3, -0.25) is 0 Å². The van der Waals surface area contributed by atoms with Crippen LogP contribution >= 0.6 is 0 Å². The van der Waals surface area contributed by atoms with Crippen molar-refractivity contribution < 1.29 is 39.4 Å². The van der Waals surface area contributed by atoms with Gasteiger partial charge in [-0.15, -0.1) is 0 Å². The maximum absolute atomic E-state index is 10.3. The fraction of sp³-hybridized carbons (Fsp3) is 0.600. The van der Waals surface area contributed by atoms with E-state index in [0.29, 0.717) is 12.2 Å². The molecule has 0 spiro atoms. The third-order valence-electron chi connectivity index (χ3n) is 3.94. The molecular weight excluding hydrogens is 308 g/mol. The van der Waals surface area contributed by atoms with Crippen LogP contribution in [0.3, 0.4) is 0 Å². The summed E-state index contributed by atoms with van der Waals surface area (Å²) in [6, 6.07) is 4.17. The molecule has 0 saturated carbocycles. The number of benzene rings is 1. The highest BCUT2D eigenvalue weighted by Crippen LogP contribution is 2.36. The van der Waals surface area contributed by atoms with Crippen LogP contribution in [0.15, 0.2) is 18.2 Å². The van der Waals surface area contributed by atoms with E-state index in [1.807, 2.05) is 0 Å². The van der Waals surface area contributed by atoms with E-state index in [9.17, 15) is 20.4 Å². The Morgan fingerprint density at radius 2 is 1.91 bits per heavy atom. The number of phenols is 2. The summed E-state index contributed by atoms with van der Waals surface area (Å²) in [6.07, 6.45) is -5.58. The van der Waals surface area contributed by atoms with Crippen molar-refractivity contribution in [2.24, 2.45) is 0 Å². The van der Waals surface area contributed by atoms with Gasteiger partial charge in [-0.1, -0.05) is 6.07 Å². The predicted molar refractivity (Wildman–Crippen MR) is 75.6 cm³/mol. The van der Waals surface area contributed by atoms with Crippen molar-refractivity contribution in [3.63, 3.8) is 0 Å². The van der Waals surface area contributed by atoms with E-state index in [1.54, 1.807) is 6.92 Å². The summed E-state index contributed by atoms with van der Waals surface area (Å²) < 4.78 is 22.0. The summed E-state index contributed by atoms with van der Waals surface area (Å²) in [5, 5.41) is 39.2. The Labute approximate surface area is 132 Å². The summed E-state index contributed by atoms with van der Waals surface area (Å²) in [7, 11) is 0. The molecule has 0 aromatic heterocycles. The Bertz CT molecular complexity index is 548. The first-order valence-electron chi connectivity index (χ1n) is 7.43. The summed E-state index contributed by atoms with van der Waals surface area (Å²) in [5.74, 6) is -0.549. The van der Waals surface area contributed by atoms with Crippen molar-refractivity contribution in [1.29, 1.82) is 0 Å². The smallest absolute Gasteiger partial charge is 0.186 e. The normalized spacial score (nSPS) is 37.3. The van der Waals surface area contributed by atoms with Crippen molar-refractivity contribution in [3.8, 4) is 11.5 Å². The average molecular weight is 328 g/mol. The summed E-state index contributed by atoms with van der Waals surface area (Å²) in [6.45, 7) is 2.23. The molecule has 1 aromatic rings. The number of hydrogen-bond acceptors (Lipinski definition) is 8. The molecule has 0 bridgehead atoms. The van der Waals surface area contributed by atoms with Crippen molar-refractivity contribution in [2.45, 2.75) is 43.9 Å². The zero-order valence-corrected chi connectivity index (χ0v) is 12.5. The molecule has 0 aliphatic carbocycles. The molecule has 4 N–H and O–H groups in total. The molecular formula is C15H20O8. The zero-order chi connectivity index (χ0) is 16.6. The Morgan fingerprint density at radius 1 is 1.13 bits per heavy atom. The van der Waals surface area contributed by atoms with Crippen LogP contribution in [0.1, 0.15) is 18.8 Å². The summed E-state index contributed by atoms with van der Waals surface area (Å²) in [5.41, 5.74) is 0.479. The lowest BCUT2D eigenvalue weighted by Gasteiger charge is -2.46. The molecule has 0 amide bonds. The van der Waals surface area contributed by atoms with Gasteiger partial charge in [0.15, 0.2) is 24.1 Å². The summed E-state index contributed by atoms with van der Waals surface area (Å²) in [4.78, 5) is 0. The van der Waals surface area contributed by atoms with Crippen molar-refractivity contribution >= 4 is 0 Å². The van der Waals surface area contributed by atoms with Crippen LogP contribution in [0, 0.1) is 0 Å². The van der Waals surface area contributed by atoms with Crippen LogP contribution < -0.4 is 0 Å². The highest BCUT2D eigenvalue weighted by atomic mass is 16.8. The minimum Gasteiger partial charge on any atom is -0.504 e. The molecule has 0 radical (unpaired) electrons. The maximum Gasteiger partial charge on any atom is 0.186 e. The zero-order valence-electron chi connectivity index (χ0n) is 12.5. The van der Waals surface area contributed by atoms with Crippen LogP contribution in [0.25, 0.3) is 0 Å². The van der Waals surface area contributed by atoms with Crippen LogP contribution in [-0.4, -0.2) is 64.3 Å². The first-order chi connectivity index (χ1) is 11.0. The van der Waals surface area contributed by atoms with Gasteiger partial charge >= 0.3 is 0 Å². The second-order valence-electron chi connectivity index (χ2n) is 5.49. The van der Waals surface area contributed by atoms with Gasteiger partial charge < -0.3 is 39.4 Å². The van der Waals surface area contributed by atoms with E-state index in [2.05, 4.69) is 0 Å². The molecule has 8 heteroatoms. The molecule has 128 valence electrons. The molecule has 8 nitrogen and oxygen atoms in total. The lowest BCUT2D eigenvalue weighted by atomic mass is 9.98. The van der Waals surface area contributed by atoms with Crippen LogP contribution in [-0.2, 0) is 18.9 Å². The van der Waals surface area contributed by atoms with Gasteiger partial charge in [-0.05, 0) is 19.1 Å². The van der Waals surface area contributed by atoms with Gasteiger partial charge in [0.25, 0.3) is 0 Å². The topological polar surface area (TPSA) is 118 Å². The largest absolute Gasteiger partial charge is 0.504 e. The average Bonchev–Trinajstić information content (AvgIpc) is 2.55. The standard InChI is InChI=1S/C15H20O8/c1-2-20-15-12(19)11(18)13-10(22-15)6-21-14(23-13)7-3-4-8(16)9(17)5-7/h3-5,10-19H,2,6H2,1H3/t10-,11-,12-,13-,14?,15+/m1/s1. The molecule has 2 saturated heterocycles. The minimum absolute atomic E-state index is 0.129. The lowest BCUT2D eigenvalue weighted by molar-refractivity contribution is -0.360. The quantitative estimate of drug-likeness (QED) is 0.573. The van der Waals surface area contributed by atoms with E-state index in [1.165, 1.54) is 18.2 Å². The predicted octanol–water partition coefficient (Wildman–Crippen LogP) is -0.00500. The minimum atomic E-state index is -1.23. The van der Waals surface area contributed by atoms with Gasteiger partial charge in [-0.2, -0.15) is 0 Å². The molecule has 2 fully saturated rings. The van der Waals surface area contributed by atoms with Crippen molar-refractivity contribution in [2.75, 3.05) is 13.2 Å². The number of aromatic hydroxyl groups is 2. The number of aliphatic hydroxyl groups excluding tert-OH is 2. The molecule has 2 aliphatic heterocycles. The molecule has 2 heterocycles. The number of ether oxygens (including phenoxy) is 4. The molecule has 6 atom stereocenters. The third kappa shape index (κ3) is 3.14. The van der Waals surface area contributed by atoms with Gasteiger partial charge in [0.05, 0.1) is 6.61 Å². The van der Waals surface area contributed by atoms with Crippen LogP contribution in [0.2, 0.25) is 0 Å². The molecule has 1 unspecified atom stereocenters. The van der Waals surface area contributed by atoms with E-state index in [4.69, 9.17) is 18.9 Å². The highest BCUT2D eigenvalue weighted by molar-refractivity contribution is 5.41. The van der Waals surface area contributed by atoms with Crippen LogP contribution in [0.4, 0.5) is 0 Å². The molecule has 3 rings (SSSR count). The Kier molecular flexibility index (Phi) is 4.72. The van der Waals surface area contributed by atoms with Crippen LogP contribution in [0.5, 0.6) is 11.5 Å². The molecule has 23 heavy (non-hydrogen) atoms. The third-order valence-corrected chi connectivity index (χ3v) is 3.94. The van der Waals surface area contributed by atoms with Crippen molar-refractivity contribution in [3.05, 3.63) is 23.8 Å². The second-order valence-corrected chi connectivity index (χ2v) is 5.49.